The van der Waals surface area contributed by atoms with Gasteiger partial charge in [0.05, 0.1) is 6.10 Å². The summed E-state index contributed by atoms with van der Waals surface area (Å²) in [7, 11) is 0. The van der Waals surface area contributed by atoms with Gasteiger partial charge >= 0.3 is 0 Å². The zero-order valence-corrected chi connectivity index (χ0v) is 13.9. The minimum atomic E-state index is -0.519. The van der Waals surface area contributed by atoms with Gasteiger partial charge in [-0.05, 0) is 56.3 Å². The molecule has 0 aliphatic carbocycles. The maximum atomic E-state index is 12.8. The number of amides is 1. The van der Waals surface area contributed by atoms with Crippen LogP contribution >= 0.6 is 0 Å². The van der Waals surface area contributed by atoms with Crippen LogP contribution in [0.5, 0.6) is 0 Å². The lowest BCUT2D eigenvalue weighted by molar-refractivity contribution is -0.122. The molecule has 0 spiro atoms. The van der Waals surface area contributed by atoms with Crippen LogP contribution in [0.4, 0.5) is 5.69 Å². The third-order valence-corrected chi connectivity index (χ3v) is 4.72. The van der Waals surface area contributed by atoms with Gasteiger partial charge in [0.1, 0.15) is 0 Å². The van der Waals surface area contributed by atoms with Gasteiger partial charge in [0.25, 0.3) is 0 Å². The van der Waals surface area contributed by atoms with E-state index in [0.717, 1.165) is 36.1 Å². The summed E-state index contributed by atoms with van der Waals surface area (Å²) in [6, 6.07) is 6.12. The fourth-order valence-electron chi connectivity index (χ4n) is 3.35. The van der Waals surface area contributed by atoms with Gasteiger partial charge in [-0.15, -0.1) is 0 Å². The molecule has 0 fully saturated rings. The van der Waals surface area contributed by atoms with Crippen LogP contribution in [0.3, 0.4) is 0 Å². The van der Waals surface area contributed by atoms with Crippen molar-refractivity contribution in [2.45, 2.75) is 58.6 Å². The number of rotatable bonds is 6. The van der Waals surface area contributed by atoms with E-state index in [0.29, 0.717) is 13.0 Å². The molecule has 2 atom stereocenters. The van der Waals surface area contributed by atoms with Gasteiger partial charge in [-0.3, -0.25) is 4.79 Å². The summed E-state index contributed by atoms with van der Waals surface area (Å²) in [5.41, 5.74) is 8.57. The number of benzene rings is 1. The Hall–Kier alpha value is -1.39. The molecule has 1 amide bonds. The number of aliphatic hydroxyl groups is 1. The molecule has 1 aliphatic rings. The molecule has 1 aromatic rings. The van der Waals surface area contributed by atoms with E-state index in [1.54, 1.807) is 0 Å². The number of hydrogen-bond donors (Lipinski definition) is 2. The van der Waals surface area contributed by atoms with Gasteiger partial charge in [0.2, 0.25) is 5.91 Å². The van der Waals surface area contributed by atoms with E-state index in [9.17, 15) is 9.90 Å². The summed E-state index contributed by atoms with van der Waals surface area (Å²) in [4.78, 5) is 14.7. The van der Waals surface area contributed by atoms with Crippen molar-refractivity contribution in [3.05, 3.63) is 29.3 Å². The Morgan fingerprint density at radius 1 is 1.41 bits per heavy atom. The monoisotopic (exact) mass is 304 g/mol. The molecular weight excluding hydrogens is 276 g/mol. The van der Waals surface area contributed by atoms with Gasteiger partial charge < -0.3 is 15.7 Å². The van der Waals surface area contributed by atoms with Crippen LogP contribution < -0.4 is 10.6 Å². The molecule has 0 saturated heterocycles. The number of hydrogen-bond acceptors (Lipinski definition) is 3. The number of nitrogens with zero attached hydrogens (tertiary/aromatic N) is 1. The van der Waals surface area contributed by atoms with E-state index in [4.69, 9.17) is 5.73 Å². The third kappa shape index (κ3) is 3.18. The molecule has 2 unspecified atom stereocenters. The molecule has 3 N–H and O–H groups in total. The van der Waals surface area contributed by atoms with Gasteiger partial charge in [0.15, 0.2) is 0 Å². The van der Waals surface area contributed by atoms with Crippen LogP contribution in [0.1, 0.15) is 57.3 Å². The second-order valence-electron chi connectivity index (χ2n) is 6.26. The lowest BCUT2D eigenvalue weighted by Gasteiger charge is -2.27. The zero-order valence-electron chi connectivity index (χ0n) is 13.9. The van der Waals surface area contributed by atoms with E-state index in [1.807, 2.05) is 23.1 Å². The number of aliphatic hydroxyl groups excluding tert-OH is 1. The molecule has 4 heteroatoms. The molecule has 0 aromatic heterocycles. The molecule has 1 aromatic carbocycles. The minimum absolute atomic E-state index is 0.0934. The summed E-state index contributed by atoms with van der Waals surface area (Å²) >= 11 is 0. The molecule has 22 heavy (non-hydrogen) atoms. The molecule has 4 nitrogen and oxygen atoms in total. The van der Waals surface area contributed by atoms with Crippen molar-refractivity contribution in [1.29, 1.82) is 0 Å². The van der Waals surface area contributed by atoms with Crippen LogP contribution in [-0.4, -0.2) is 23.6 Å². The maximum absolute atomic E-state index is 12.8. The van der Waals surface area contributed by atoms with E-state index < -0.39 is 6.10 Å². The van der Waals surface area contributed by atoms with Gasteiger partial charge in [-0.2, -0.15) is 0 Å². The first-order valence-corrected chi connectivity index (χ1v) is 8.37. The van der Waals surface area contributed by atoms with Crippen molar-refractivity contribution in [1.82, 2.24) is 0 Å². The summed E-state index contributed by atoms with van der Waals surface area (Å²) < 4.78 is 0. The normalized spacial score (nSPS) is 18.6. The molecule has 0 saturated carbocycles. The highest BCUT2D eigenvalue weighted by molar-refractivity contribution is 5.97. The third-order valence-electron chi connectivity index (χ3n) is 4.72. The van der Waals surface area contributed by atoms with E-state index in [2.05, 4.69) is 20.8 Å². The first-order valence-electron chi connectivity index (χ1n) is 8.37. The smallest absolute Gasteiger partial charge is 0.230 e. The van der Waals surface area contributed by atoms with E-state index in [1.165, 1.54) is 0 Å². The Kier molecular flexibility index (Phi) is 5.59. The molecule has 0 bridgehead atoms. The maximum Gasteiger partial charge on any atom is 0.230 e. The number of nitrogens with two attached hydrogens (primary N) is 1. The summed E-state index contributed by atoms with van der Waals surface area (Å²) in [5, 5.41) is 10.1. The Morgan fingerprint density at radius 2 is 2.09 bits per heavy atom. The highest BCUT2D eigenvalue weighted by Crippen LogP contribution is 2.36. The number of fused-ring (bicyclic) bond motifs is 1. The molecule has 1 aliphatic heterocycles. The lowest BCUT2D eigenvalue weighted by atomic mass is 10.0. The summed E-state index contributed by atoms with van der Waals surface area (Å²) in [6.07, 6.45) is 2.65. The average molecular weight is 304 g/mol. The average Bonchev–Trinajstić information content (AvgIpc) is 2.83. The van der Waals surface area contributed by atoms with Crippen molar-refractivity contribution in [2.24, 2.45) is 11.7 Å². The molecule has 2 rings (SSSR count). The van der Waals surface area contributed by atoms with Gasteiger partial charge in [-0.25, -0.2) is 0 Å². The Bertz CT molecular complexity index is 526. The number of anilines is 1. The lowest BCUT2D eigenvalue weighted by Crippen LogP contribution is -2.39. The standard InChI is InChI=1S/C18H28N2O2/c1-4-13(5-2)18(22)20-12(3)10-15-11-14(6-7-16(15)20)17(21)8-9-19/h6-7,11-13,17,21H,4-5,8-10,19H2,1-3H3. The molecular formula is C18H28N2O2. The van der Waals surface area contributed by atoms with Crippen LogP contribution in [0, 0.1) is 5.92 Å². The Labute approximate surface area is 133 Å². The quantitative estimate of drug-likeness (QED) is 0.849. The SMILES string of the molecule is CCC(CC)C(=O)N1c2ccc(C(O)CCN)cc2CC1C. The fourth-order valence-corrected chi connectivity index (χ4v) is 3.35. The molecule has 0 radical (unpaired) electrons. The largest absolute Gasteiger partial charge is 0.388 e. The number of carbonyl (C=O) groups excluding carboxylic acids is 1. The van der Waals surface area contributed by atoms with Crippen LogP contribution in [0.2, 0.25) is 0 Å². The molecule has 122 valence electrons. The number of carbonyl (C=O) groups is 1. The fraction of sp³-hybridized carbons (Fsp3) is 0.611. The van der Waals surface area contributed by atoms with Crippen molar-refractivity contribution in [3.63, 3.8) is 0 Å². The molecule has 1 heterocycles. The van der Waals surface area contributed by atoms with Gasteiger partial charge in [0, 0.05) is 17.6 Å². The van der Waals surface area contributed by atoms with Crippen LogP contribution in [0.25, 0.3) is 0 Å². The highest BCUT2D eigenvalue weighted by Gasteiger charge is 2.33. The Morgan fingerprint density at radius 3 is 2.68 bits per heavy atom. The minimum Gasteiger partial charge on any atom is -0.388 e. The van der Waals surface area contributed by atoms with Crippen molar-refractivity contribution in [2.75, 3.05) is 11.4 Å². The second-order valence-corrected chi connectivity index (χ2v) is 6.26. The van der Waals surface area contributed by atoms with Gasteiger partial charge in [-0.1, -0.05) is 26.0 Å². The van der Waals surface area contributed by atoms with Crippen LogP contribution in [0.15, 0.2) is 18.2 Å². The van der Waals surface area contributed by atoms with E-state index >= 15 is 0 Å². The van der Waals surface area contributed by atoms with Crippen molar-refractivity contribution < 1.29 is 9.90 Å². The first kappa shape index (κ1) is 17.0. The van der Waals surface area contributed by atoms with E-state index in [-0.39, 0.29) is 17.9 Å². The first-order chi connectivity index (χ1) is 10.5. The summed E-state index contributed by atoms with van der Waals surface area (Å²) in [5.74, 6) is 0.322. The highest BCUT2D eigenvalue weighted by atomic mass is 16.3. The second kappa shape index (κ2) is 7.25. The predicted octanol–water partition coefficient (Wildman–Crippen LogP) is 2.78. The zero-order chi connectivity index (χ0) is 16.3. The van der Waals surface area contributed by atoms with Crippen LogP contribution in [-0.2, 0) is 11.2 Å². The van der Waals surface area contributed by atoms with Crippen molar-refractivity contribution >= 4 is 11.6 Å². The topological polar surface area (TPSA) is 66.6 Å². The van der Waals surface area contributed by atoms with Crippen molar-refractivity contribution in [3.8, 4) is 0 Å². The summed E-state index contributed by atoms with van der Waals surface area (Å²) in [6.45, 7) is 6.70. The predicted molar refractivity (Wildman–Crippen MR) is 89.8 cm³/mol. The Balaban J connectivity index is 2.28.